The van der Waals surface area contributed by atoms with Gasteiger partial charge in [0.25, 0.3) is 5.91 Å². The topological polar surface area (TPSA) is 46.2 Å². The maximum Gasteiger partial charge on any atom is 0.250 e. The van der Waals surface area contributed by atoms with Gasteiger partial charge in [0.1, 0.15) is 11.6 Å². The van der Waals surface area contributed by atoms with Crippen molar-refractivity contribution in [2.24, 2.45) is 0 Å². The number of carbonyl (C=O) groups is 2. The summed E-state index contributed by atoms with van der Waals surface area (Å²) in [6.07, 6.45) is 0. The van der Waals surface area contributed by atoms with Crippen LogP contribution in [0.1, 0.15) is 22.8 Å². The van der Waals surface area contributed by atoms with Crippen LogP contribution in [0.2, 0.25) is 5.02 Å². The van der Waals surface area contributed by atoms with Gasteiger partial charge < -0.3 is 5.32 Å². The number of rotatable bonds is 4. The standard InChI is InChI=1S/C17H12ClF2NO2/c1-9(2)17(23)21-14-7-6-10(18)8-11(14)16(22)15-12(19)4-3-5-13(15)20/h3-8H,1H2,2H3,(H,21,23). The van der Waals surface area contributed by atoms with Gasteiger partial charge in [0.05, 0.1) is 11.3 Å². The van der Waals surface area contributed by atoms with Crippen molar-refractivity contribution in [2.45, 2.75) is 6.92 Å². The number of hydrogen-bond acceptors (Lipinski definition) is 2. The van der Waals surface area contributed by atoms with Gasteiger partial charge in [0.2, 0.25) is 5.78 Å². The second-order valence-electron chi connectivity index (χ2n) is 4.85. The number of anilines is 1. The van der Waals surface area contributed by atoms with E-state index in [1.54, 1.807) is 0 Å². The number of ketones is 1. The number of amides is 1. The Morgan fingerprint density at radius 3 is 2.30 bits per heavy atom. The predicted molar refractivity (Wildman–Crippen MR) is 84.7 cm³/mol. The Bertz CT molecular complexity index is 798. The Labute approximate surface area is 136 Å². The quantitative estimate of drug-likeness (QED) is 0.666. The van der Waals surface area contributed by atoms with Crippen LogP contribution in [-0.2, 0) is 4.79 Å². The van der Waals surface area contributed by atoms with Crippen molar-refractivity contribution in [1.29, 1.82) is 0 Å². The molecule has 0 spiro atoms. The third-order valence-electron chi connectivity index (χ3n) is 3.05. The van der Waals surface area contributed by atoms with E-state index >= 15 is 0 Å². The number of halogens is 3. The lowest BCUT2D eigenvalue weighted by atomic mass is 10.0. The summed E-state index contributed by atoms with van der Waals surface area (Å²) in [7, 11) is 0. The molecular weight excluding hydrogens is 324 g/mol. The molecule has 0 heterocycles. The van der Waals surface area contributed by atoms with Crippen LogP contribution in [0.15, 0.2) is 48.6 Å². The maximum absolute atomic E-state index is 13.8. The van der Waals surface area contributed by atoms with E-state index in [0.29, 0.717) is 0 Å². The normalized spacial score (nSPS) is 10.3. The average Bonchev–Trinajstić information content (AvgIpc) is 2.48. The van der Waals surface area contributed by atoms with Crippen LogP contribution < -0.4 is 5.32 Å². The lowest BCUT2D eigenvalue weighted by molar-refractivity contribution is -0.112. The molecule has 0 aliphatic heterocycles. The zero-order chi connectivity index (χ0) is 17.1. The highest BCUT2D eigenvalue weighted by atomic mass is 35.5. The van der Waals surface area contributed by atoms with Crippen molar-refractivity contribution in [3.8, 4) is 0 Å². The van der Waals surface area contributed by atoms with Gasteiger partial charge in [-0.05, 0) is 37.3 Å². The number of benzene rings is 2. The molecule has 0 aromatic heterocycles. The first-order chi connectivity index (χ1) is 10.8. The molecule has 0 bridgehead atoms. The molecule has 0 radical (unpaired) electrons. The van der Waals surface area contributed by atoms with Crippen molar-refractivity contribution in [3.05, 3.63) is 76.3 Å². The highest BCUT2D eigenvalue weighted by molar-refractivity contribution is 6.31. The Morgan fingerprint density at radius 1 is 1.13 bits per heavy atom. The smallest absolute Gasteiger partial charge is 0.250 e. The molecule has 2 rings (SSSR count). The number of nitrogens with one attached hydrogen (secondary N) is 1. The van der Waals surface area contributed by atoms with Crippen molar-refractivity contribution in [1.82, 2.24) is 0 Å². The van der Waals surface area contributed by atoms with Crippen LogP contribution in [0.5, 0.6) is 0 Å². The molecular formula is C17H12ClF2NO2. The SMILES string of the molecule is C=C(C)C(=O)Nc1ccc(Cl)cc1C(=O)c1c(F)cccc1F. The van der Waals surface area contributed by atoms with Crippen LogP contribution in [-0.4, -0.2) is 11.7 Å². The van der Waals surface area contributed by atoms with Gasteiger partial charge in [0, 0.05) is 16.2 Å². The predicted octanol–water partition coefficient (Wildman–Crippen LogP) is 4.36. The molecule has 0 saturated carbocycles. The summed E-state index contributed by atoms with van der Waals surface area (Å²) in [5, 5.41) is 2.66. The van der Waals surface area contributed by atoms with E-state index in [9.17, 15) is 18.4 Å². The minimum atomic E-state index is -0.993. The minimum absolute atomic E-state index is 0.0926. The van der Waals surface area contributed by atoms with Crippen molar-refractivity contribution in [3.63, 3.8) is 0 Å². The molecule has 2 aromatic carbocycles. The summed E-state index contributed by atoms with van der Waals surface area (Å²) in [6, 6.07) is 7.19. The van der Waals surface area contributed by atoms with Crippen LogP contribution >= 0.6 is 11.6 Å². The van der Waals surface area contributed by atoms with Crippen LogP contribution in [0.4, 0.5) is 14.5 Å². The summed E-state index contributed by atoms with van der Waals surface area (Å²) >= 11 is 5.86. The molecule has 0 aliphatic rings. The van der Waals surface area contributed by atoms with E-state index in [2.05, 4.69) is 11.9 Å². The molecule has 23 heavy (non-hydrogen) atoms. The second kappa shape index (κ2) is 6.71. The van der Waals surface area contributed by atoms with E-state index in [1.807, 2.05) is 0 Å². The molecule has 0 unspecified atom stereocenters. The molecule has 6 heteroatoms. The first kappa shape index (κ1) is 16.8. The molecule has 0 saturated heterocycles. The Morgan fingerprint density at radius 2 is 1.74 bits per heavy atom. The molecule has 3 nitrogen and oxygen atoms in total. The number of carbonyl (C=O) groups excluding carboxylic acids is 2. The molecule has 0 aliphatic carbocycles. The first-order valence-corrected chi connectivity index (χ1v) is 6.94. The molecule has 2 aromatic rings. The summed E-state index contributed by atoms with van der Waals surface area (Å²) < 4.78 is 27.6. The molecule has 118 valence electrons. The first-order valence-electron chi connectivity index (χ1n) is 6.56. The fourth-order valence-electron chi connectivity index (χ4n) is 1.89. The van der Waals surface area contributed by atoms with Crippen molar-refractivity contribution >= 4 is 29.0 Å². The third-order valence-corrected chi connectivity index (χ3v) is 3.29. The van der Waals surface area contributed by atoms with Gasteiger partial charge in [-0.25, -0.2) is 8.78 Å². The lowest BCUT2D eigenvalue weighted by Gasteiger charge is -2.12. The third kappa shape index (κ3) is 3.63. The largest absolute Gasteiger partial charge is 0.322 e. The Balaban J connectivity index is 2.54. The highest BCUT2D eigenvalue weighted by Crippen LogP contribution is 2.26. The van der Waals surface area contributed by atoms with Gasteiger partial charge in [-0.2, -0.15) is 0 Å². The zero-order valence-corrected chi connectivity index (χ0v) is 12.9. The highest BCUT2D eigenvalue weighted by Gasteiger charge is 2.22. The molecule has 1 amide bonds. The second-order valence-corrected chi connectivity index (χ2v) is 5.29. The van der Waals surface area contributed by atoms with E-state index in [0.717, 1.165) is 18.2 Å². The van der Waals surface area contributed by atoms with Gasteiger partial charge in [-0.1, -0.05) is 24.2 Å². The Hall–Kier alpha value is -2.53. The monoisotopic (exact) mass is 335 g/mol. The van der Waals surface area contributed by atoms with Crippen molar-refractivity contribution in [2.75, 3.05) is 5.32 Å². The summed E-state index contributed by atoms with van der Waals surface area (Å²) in [6.45, 7) is 4.98. The summed E-state index contributed by atoms with van der Waals surface area (Å²) in [5.74, 6) is -3.42. The van der Waals surface area contributed by atoms with E-state index in [1.165, 1.54) is 25.1 Å². The van der Waals surface area contributed by atoms with Crippen LogP contribution in [0.3, 0.4) is 0 Å². The average molecular weight is 336 g/mol. The molecule has 0 atom stereocenters. The molecule has 0 fully saturated rings. The zero-order valence-electron chi connectivity index (χ0n) is 12.1. The maximum atomic E-state index is 13.8. The van der Waals surface area contributed by atoms with Gasteiger partial charge in [-0.15, -0.1) is 0 Å². The lowest BCUT2D eigenvalue weighted by Crippen LogP contribution is -2.16. The molecule has 1 N–H and O–H groups in total. The summed E-state index contributed by atoms with van der Waals surface area (Å²) in [4.78, 5) is 24.2. The van der Waals surface area contributed by atoms with Gasteiger partial charge in [0.15, 0.2) is 0 Å². The van der Waals surface area contributed by atoms with Gasteiger partial charge >= 0.3 is 0 Å². The van der Waals surface area contributed by atoms with E-state index in [4.69, 9.17) is 11.6 Å². The van der Waals surface area contributed by atoms with E-state index < -0.39 is 28.9 Å². The fraction of sp³-hybridized carbons (Fsp3) is 0.0588. The van der Waals surface area contributed by atoms with Crippen LogP contribution in [0.25, 0.3) is 0 Å². The van der Waals surface area contributed by atoms with Crippen LogP contribution in [0, 0.1) is 11.6 Å². The van der Waals surface area contributed by atoms with Gasteiger partial charge in [-0.3, -0.25) is 9.59 Å². The summed E-state index contributed by atoms with van der Waals surface area (Å²) in [5.41, 5.74) is -0.512. The fourth-order valence-corrected chi connectivity index (χ4v) is 2.06. The Kier molecular flexibility index (Phi) is 4.91. The van der Waals surface area contributed by atoms with Crippen molar-refractivity contribution < 1.29 is 18.4 Å². The minimum Gasteiger partial charge on any atom is -0.322 e. The van der Waals surface area contributed by atoms with E-state index in [-0.39, 0.29) is 21.8 Å². The number of hydrogen-bond donors (Lipinski definition) is 1.